The minimum absolute atomic E-state index is 0.686. The monoisotopic (exact) mass is 676 g/mol. The maximum Gasteiger partial charge on any atom is 0.160 e. The molecule has 3 heteroatoms. The van der Waals surface area contributed by atoms with Crippen LogP contribution in [-0.2, 0) is 0 Å². The Kier molecular flexibility index (Phi) is 7.47. The number of furan rings is 1. The summed E-state index contributed by atoms with van der Waals surface area (Å²) in [5.74, 6) is 0.686. The third-order valence-corrected chi connectivity index (χ3v) is 10.1. The van der Waals surface area contributed by atoms with Gasteiger partial charge in [0.15, 0.2) is 5.82 Å². The van der Waals surface area contributed by atoms with Crippen LogP contribution in [0.2, 0.25) is 0 Å². The molecule has 0 radical (unpaired) electrons. The van der Waals surface area contributed by atoms with Gasteiger partial charge in [0, 0.05) is 33.0 Å². The summed E-state index contributed by atoms with van der Waals surface area (Å²) in [6, 6.07) is 68.1. The second kappa shape index (κ2) is 12.9. The quantitative estimate of drug-likeness (QED) is 0.176. The lowest BCUT2D eigenvalue weighted by Crippen LogP contribution is -1.96. The predicted molar refractivity (Wildman–Crippen MR) is 219 cm³/mol. The van der Waals surface area contributed by atoms with Gasteiger partial charge in [-0.25, -0.2) is 9.97 Å². The molecule has 0 saturated heterocycles. The Labute approximate surface area is 307 Å². The molecular weight excluding hydrogens is 645 g/mol. The number of fused-ring (bicyclic) bond motifs is 4. The molecular formula is C50H32N2O. The van der Waals surface area contributed by atoms with Crippen LogP contribution < -0.4 is 0 Å². The normalized spacial score (nSPS) is 11.4. The van der Waals surface area contributed by atoms with Gasteiger partial charge in [-0.3, -0.25) is 0 Å². The van der Waals surface area contributed by atoms with Crippen LogP contribution in [0, 0.1) is 0 Å². The molecule has 0 fully saturated rings. The van der Waals surface area contributed by atoms with Gasteiger partial charge in [-0.1, -0.05) is 158 Å². The van der Waals surface area contributed by atoms with Crippen LogP contribution in [0.15, 0.2) is 199 Å². The van der Waals surface area contributed by atoms with Crippen LogP contribution in [-0.4, -0.2) is 9.97 Å². The van der Waals surface area contributed by atoms with Crippen LogP contribution in [0.5, 0.6) is 0 Å². The van der Waals surface area contributed by atoms with Crippen molar-refractivity contribution in [2.75, 3.05) is 0 Å². The van der Waals surface area contributed by atoms with E-state index in [1.807, 2.05) is 36.4 Å². The van der Waals surface area contributed by atoms with E-state index in [4.69, 9.17) is 14.4 Å². The summed E-state index contributed by atoms with van der Waals surface area (Å²) in [6.07, 6.45) is 0. The van der Waals surface area contributed by atoms with Crippen molar-refractivity contribution in [1.82, 2.24) is 9.97 Å². The Morgan fingerprint density at radius 1 is 0.321 bits per heavy atom. The van der Waals surface area contributed by atoms with E-state index in [9.17, 15) is 0 Å². The van der Waals surface area contributed by atoms with Gasteiger partial charge >= 0.3 is 0 Å². The molecule has 0 spiro atoms. The molecule has 0 aliphatic carbocycles. The second-order valence-corrected chi connectivity index (χ2v) is 13.4. The lowest BCUT2D eigenvalue weighted by atomic mass is 9.91. The predicted octanol–water partition coefficient (Wildman–Crippen LogP) is 13.5. The molecule has 0 aliphatic rings. The van der Waals surface area contributed by atoms with E-state index >= 15 is 0 Å². The van der Waals surface area contributed by atoms with Gasteiger partial charge in [-0.15, -0.1) is 0 Å². The fraction of sp³-hybridized carbons (Fsp3) is 0. The Morgan fingerprint density at radius 2 is 0.868 bits per heavy atom. The first-order chi connectivity index (χ1) is 26.2. The number of nitrogens with zero attached hydrogens (tertiary/aromatic N) is 2. The van der Waals surface area contributed by atoms with Gasteiger partial charge < -0.3 is 4.42 Å². The van der Waals surface area contributed by atoms with Gasteiger partial charge in [0.25, 0.3) is 0 Å². The van der Waals surface area contributed by atoms with E-state index in [-0.39, 0.29) is 0 Å². The van der Waals surface area contributed by atoms with E-state index in [1.165, 1.54) is 21.9 Å². The fourth-order valence-corrected chi connectivity index (χ4v) is 7.48. The number of rotatable bonds is 6. The van der Waals surface area contributed by atoms with Crippen LogP contribution in [0.3, 0.4) is 0 Å². The maximum atomic E-state index is 6.58. The maximum absolute atomic E-state index is 6.58. The lowest BCUT2D eigenvalue weighted by molar-refractivity contribution is 0.670. The molecule has 10 rings (SSSR count). The molecule has 10 aromatic rings. The first kappa shape index (κ1) is 30.7. The van der Waals surface area contributed by atoms with Crippen LogP contribution >= 0.6 is 0 Å². The molecule has 0 unspecified atom stereocenters. The number of para-hydroxylation sites is 2. The van der Waals surface area contributed by atoms with E-state index in [2.05, 4.69) is 158 Å². The summed E-state index contributed by atoms with van der Waals surface area (Å²) in [6.45, 7) is 0. The molecule has 0 saturated carbocycles. The van der Waals surface area contributed by atoms with Gasteiger partial charge in [0.05, 0.1) is 11.4 Å². The number of hydrogen-bond donors (Lipinski definition) is 0. The highest BCUT2D eigenvalue weighted by Crippen LogP contribution is 2.40. The van der Waals surface area contributed by atoms with E-state index in [1.54, 1.807) is 0 Å². The molecule has 0 atom stereocenters. The lowest BCUT2D eigenvalue weighted by Gasteiger charge is -2.14. The molecule has 0 N–H and O–H groups in total. The summed E-state index contributed by atoms with van der Waals surface area (Å²) in [5.41, 5.74) is 13.2. The fourth-order valence-electron chi connectivity index (χ4n) is 7.48. The van der Waals surface area contributed by atoms with E-state index in [0.29, 0.717) is 5.82 Å². The standard InChI is InChI=1S/C50H32N2O/c1-3-15-34(16-4-1)46-32-47(52-50(51-46)35-17-5-2-6-18-35)40-30-38(36-20-11-21-37(28-36)42-24-12-19-33-14-7-8-22-41(33)42)29-39(31-40)43-25-13-26-45-44-23-9-10-27-48(44)53-49(43)45/h1-32H. The van der Waals surface area contributed by atoms with E-state index < -0.39 is 0 Å². The molecule has 2 aromatic heterocycles. The summed E-state index contributed by atoms with van der Waals surface area (Å²) in [7, 11) is 0. The molecule has 248 valence electrons. The van der Waals surface area contributed by atoms with Gasteiger partial charge in [-0.05, 0) is 75.0 Å². The third kappa shape index (κ3) is 5.65. The Hall–Kier alpha value is -7.10. The van der Waals surface area contributed by atoms with Gasteiger partial charge in [0.1, 0.15) is 11.2 Å². The average Bonchev–Trinajstić information content (AvgIpc) is 3.63. The molecule has 2 heterocycles. The van der Waals surface area contributed by atoms with Gasteiger partial charge in [-0.2, -0.15) is 0 Å². The zero-order valence-electron chi connectivity index (χ0n) is 28.8. The van der Waals surface area contributed by atoms with Gasteiger partial charge in [0.2, 0.25) is 0 Å². The van der Waals surface area contributed by atoms with Crippen molar-refractivity contribution in [3.8, 4) is 67.3 Å². The highest BCUT2D eigenvalue weighted by atomic mass is 16.3. The molecule has 0 bridgehead atoms. The van der Waals surface area contributed by atoms with Crippen LogP contribution in [0.25, 0.3) is 100.0 Å². The Morgan fingerprint density at radius 3 is 1.72 bits per heavy atom. The summed E-state index contributed by atoms with van der Waals surface area (Å²) in [5, 5.41) is 4.67. The zero-order chi connectivity index (χ0) is 35.1. The van der Waals surface area contributed by atoms with Crippen LogP contribution in [0.4, 0.5) is 0 Å². The molecule has 0 amide bonds. The van der Waals surface area contributed by atoms with E-state index in [0.717, 1.165) is 72.3 Å². The number of hydrogen-bond acceptors (Lipinski definition) is 3. The molecule has 53 heavy (non-hydrogen) atoms. The van der Waals surface area contributed by atoms with Crippen molar-refractivity contribution in [2.45, 2.75) is 0 Å². The largest absolute Gasteiger partial charge is 0.455 e. The Bertz CT molecular complexity index is 2880. The van der Waals surface area contributed by atoms with Crippen molar-refractivity contribution in [3.63, 3.8) is 0 Å². The topological polar surface area (TPSA) is 38.9 Å². The van der Waals surface area contributed by atoms with Crippen molar-refractivity contribution in [1.29, 1.82) is 0 Å². The van der Waals surface area contributed by atoms with Crippen molar-refractivity contribution in [2.24, 2.45) is 0 Å². The summed E-state index contributed by atoms with van der Waals surface area (Å²) < 4.78 is 6.58. The highest BCUT2D eigenvalue weighted by molar-refractivity contribution is 6.10. The number of aromatic nitrogens is 2. The first-order valence-corrected chi connectivity index (χ1v) is 17.9. The molecule has 3 nitrogen and oxygen atoms in total. The smallest absolute Gasteiger partial charge is 0.160 e. The minimum atomic E-state index is 0.686. The molecule has 0 aliphatic heterocycles. The van der Waals surface area contributed by atoms with Crippen LogP contribution in [0.1, 0.15) is 0 Å². The zero-order valence-corrected chi connectivity index (χ0v) is 28.8. The molecule has 8 aromatic carbocycles. The minimum Gasteiger partial charge on any atom is -0.455 e. The highest BCUT2D eigenvalue weighted by Gasteiger charge is 2.17. The second-order valence-electron chi connectivity index (χ2n) is 13.4. The SMILES string of the molecule is c1ccc(-c2cc(-c3cc(-c4cccc(-c5cccc6ccccc56)c4)cc(-c4cccc5c4oc4ccccc45)c3)nc(-c3ccccc3)n2)cc1. The summed E-state index contributed by atoms with van der Waals surface area (Å²) >= 11 is 0. The third-order valence-electron chi connectivity index (χ3n) is 10.1. The van der Waals surface area contributed by atoms with Crippen molar-refractivity contribution >= 4 is 32.7 Å². The average molecular weight is 677 g/mol. The first-order valence-electron chi connectivity index (χ1n) is 17.9. The Balaban J connectivity index is 1.21. The number of benzene rings is 8. The summed E-state index contributed by atoms with van der Waals surface area (Å²) in [4.78, 5) is 10.3. The van der Waals surface area contributed by atoms with Crippen molar-refractivity contribution < 1.29 is 4.42 Å². The van der Waals surface area contributed by atoms with Crippen molar-refractivity contribution in [3.05, 3.63) is 194 Å².